The molecule has 1 aliphatic rings. The summed E-state index contributed by atoms with van der Waals surface area (Å²) in [6.45, 7) is 0. The molecule has 0 unspecified atom stereocenters. The van der Waals surface area contributed by atoms with Crippen LogP contribution in [0, 0.1) is 11.3 Å². The molecule has 0 spiro atoms. The summed E-state index contributed by atoms with van der Waals surface area (Å²) in [6.07, 6.45) is 0. The standard InChI is InChI=1S/C64H38N4/c65-39-50-22-12-26-52(60(50)48-20-8-18-44(35-48)45-33-34-55-56-27-10-16-41-17-11-28-57(61(41)56)59(55)37-45)40-29-31-43(32-30-40)63-66-62(42-13-2-1-3-14-42)67-64(68-63)49-21-9-19-46(36-49)58-38-47-15-4-5-23-51(47)53-24-6-7-25-54(53)58/h1-38H. The second-order valence-electron chi connectivity index (χ2n) is 17.4. The van der Waals surface area contributed by atoms with Gasteiger partial charge < -0.3 is 0 Å². The highest BCUT2D eigenvalue weighted by molar-refractivity contribution is 6.16. The predicted molar refractivity (Wildman–Crippen MR) is 280 cm³/mol. The van der Waals surface area contributed by atoms with Crippen LogP contribution in [0.4, 0.5) is 0 Å². The molecule has 1 aliphatic carbocycles. The first kappa shape index (κ1) is 39.1. The second-order valence-corrected chi connectivity index (χ2v) is 17.4. The lowest BCUT2D eigenvalue weighted by Gasteiger charge is -2.15. The normalized spacial score (nSPS) is 11.5. The van der Waals surface area contributed by atoms with Crippen molar-refractivity contribution in [2.24, 2.45) is 0 Å². The molecular weight excluding hydrogens is 825 g/mol. The van der Waals surface area contributed by atoms with Gasteiger partial charge in [-0.05, 0) is 124 Å². The van der Waals surface area contributed by atoms with Gasteiger partial charge in [0.05, 0.1) is 11.6 Å². The number of hydrogen-bond acceptors (Lipinski definition) is 4. The molecule has 0 fully saturated rings. The first-order valence-electron chi connectivity index (χ1n) is 22.9. The van der Waals surface area contributed by atoms with Crippen LogP contribution in [0.15, 0.2) is 231 Å². The van der Waals surface area contributed by atoms with Crippen molar-refractivity contribution in [3.05, 3.63) is 236 Å². The zero-order chi connectivity index (χ0) is 45.1. The van der Waals surface area contributed by atoms with Crippen molar-refractivity contribution in [2.75, 3.05) is 0 Å². The van der Waals surface area contributed by atoms with E-state index < -0.39 is 0 Å². The van der Waals surface area contributed by atoms with E-state index in [4.69, 9.17) is 15.0 Å². The van der Waals surface area contributed by atoms with E-state index in [1.807, 2.05) is 42.5 Å². The maximum Gasteiger partial charge on any atom is 0.164 e. The van der Waals surface area contributed by atoms with Gasteiger partial charge in [-0.1, -0.05) is 200 Å². The van der Waals surface area contributed by atoms with Gasteiger partial charge in [0.2, 0.25) is 0 Å². The van der Waals surface area contributed by atoms with Gasteiger partial charge in [-0.15, -0.1) is 0 Å². The molecule has 1 aromatic heterocycles. The average Bonchev–Trinajstić information content (AvgIpc) is 3.74. The van der Waals surface area contributed by atoms with Crippen LogP contribution in [0.3, 0.4) is 0 Å². The highest BCUT2D eigenvalue weighted by atomic mass is 15.0. The number of fused-ring (bicyclic) bond motifs is 6. The van der Waals surface area contributed by atoms with Crippen LogP contribution in [0.25, 0.3) is 133 Å². The molecule has 68 heavy (non-hydrogen) atoms. The van der Waals surface area contributed by atoms with Crippen molar-refractivity contribution in [1.82, 2.24) is 15.0 Å². The van der Waals surface area contributed by atoms with Crippen LogP contribution < -0.4 is 0 Å². The molecule has 4 nitrogen and oxygen atoms in total. The molecule has 11 aromatic carbocycles. The number of rotatable bonds is 7. The molecule has 4 heteroatoms. The number of nitriles is 1. The molecule has 0 saturated carbocycles. The van der Waals surface area contributed by atoms with Crippen molar-refractivity contribution in [3.63, 3.8) is 0 Å². The molecule has 0 N–H and O–H groups in total. The Kier molecular flexibility index (Phi) is 9.20. The molecule has 0 radical (unpaired) electrons. The van der Waals surface area contributed by atoms with Gasteiger partial charge in [-0.3, -0.25) is 0 Å². The topological polar surface area (TPSA) is 62.5 Å². The fourth-order valence-electron chi connectivity index (χ4n) is 10.3. The maximum atomic E-state index is 10.5. The summed E-state index contributed by atoms with van der Waals surface area (Å²) in [5, 5.41) is 18.0. The van der Waals surface area contributed by atoms with Crippen molar-refractivity contribution >= 4 is 32.3 Å². The predicted octanol–water partition coefficient (Wildman–Crippen LogP) is 16.5. The molecule has 314 valence electrons. The smallest absolute Gasteiger partial charge is 0.164 e. The fraction of sp³-hybridized carbons (Fsp3) is 0. The minimum atomic E-state index is 0.578. The van der Waals surface area contributed by atoms with E-state index in [-0.39, 0.29) is 0 Å². The molecule has 0 aliphatic heterocycles. The third-order valence-electron chi connectivity index (χ3n) is 13.5. The van der Waals surface area contributed by atoms with E-state index in [0.29, 0.717) is 23.0 Å². The van der Waals surface area contributed by atoms with Gasteiger partial charge >= 0.3 is 0 Å². The van der Waals surface area contributed by atoms with Crippen molar-refractivity contribution in [2.45, 2.75) is 0 Å². The second kappa shape index (κ2) is 16.0. The van der Waals surface area contributed by atoms with E-state index in [2.05, 4.69) is 194 Å². The Balaban J connectivity index is 0.875. The van der Waals surface area contributed by atoms with Gasteiger partial charge in [0.25, 0.3) is 0 Å². The lowest BCUT2D eigenvalue weighted by Crippen LogP contribution is -2.00. The fourth-order valence-corrected chi connectivity index (χ4v) is 10.3. The summed E-state index contributed by atoms with van der Waals surface area (Å²) in [5.74, 6) is 1.78. The molecule has 12 aromatic rings. The van der Waals surface area contributed by atoms with E-state index in [9.17, 15) is 5.26 Å². The maximum absolute atomic E-state index is 10.5. The molecule has 0 amide bonds. The third kappa shape index (κ3) is 6.56. The minimum Gasteiger partial charge on any atom is -0.208 e. The zero-order valence-electron chi connectivity index (χ0n) is 36.7. The van der Waals surface area contributed by atoms with E-state index in [1.54, 1.807) is 0 Å². The number of aromatic nitrogens is 3. The average molecular weight is 863 g/mol. The molecule has 0 atom stereocenters. The quantitative estimate of drug-likeness (QED) is 0.150. The summed E-state index contributed by atoms with van der Waals surface area (Å²) in [5.41, 5.74) is 16.7. The van der Waals surface area contributed by atoms with Crippen molar-refractivity contribution < 1.29 is 0 Å². The van der Waals surface area contributed by atoms with Gasteiger partial charge in [-0.25, -0.2) is 15.0 Å². The molecule has 13 rings (SSSR count). The highest BCUT2D eigenvalue weighted by Crippen LogP contribution is 2.48. The van der Waals surface area contributed by atoms with Crippen LogP contribution >= 0.6 is 0 Å². The van der Waals surface area contributed by atoms with Crippen LogP contribution in [0.1, 0.15) is 5.56 Å². The van der Waals surface area contributed by atoms with Gasteiger partial charge in [0.1, 0.15) is 0 Å². The zero-order valence-corrected chi connectivity index (χ0v) is 36.7. The lowest BCUT2D eigenvalue weighted by atomic mass is 9.89. The molecule has 1 heterocycles. The van der Waals surface area contributed by atoms with Crippen LogP contribution in [0.2, 0.25) is 0 Å². The summed E-state index contributed by atoms with van der Waals surface area (Å²) >= 11 is 0. The van der Waals surface area contributed by atoms with E-state index in [0.717, 1.165) is 61.2 Å². The van der Waals surface area contributed by atoms with E-state index in [1.165, 1.54) is 54.6 Å². The summed E-state index contributed by atoms with van der Waals surface area (Å²) in [6, 6.07) is 83.4. The first-order valence-corrected chi connectivity index (χ1v) is 22.9. The SMILES string of the molecule is N#Cc1cccc(-c2ccc(-c3nc(-c4ccccc4)nc(-c4cccc(-c5cc6ccccc6c6ccccc56)c4)n3)cc2)c1-c1cccc(-c2ccc3c(c2)-c2cccc4cccc-3c24)c1. The molecular formula is C64H38N4. The Morgan fingerprint density at radius 2 is 0.794 bits per heavy atom. The third-order valence-corrected chi connectivity index (χ3v) is 13.5. The van der Waals surface area contributed by atoms with Crippen LogP contribution in [-0.2, 0) is 0 Å². The summed E-state index contributed by atoms with van der Waals surface area (Å²) < 4.78 is 0. The van der Waals surface area contributed by atoms with Crippen molar-refractivity contribution in [3.8, 4) is 107 Å². The summed E-state index contributed by atoms with van der Waals surface area (Å²) in [7, 11) is 0. The largest absolute Gasteiger partial charge is 0.208 e. The van der Waals surface area contributed by atoms with Crippen LogP contribution in [0.5, 0.6) is 0 Å². The summed E-state index contributed by atoms with van der Waals surface area (Å²) in [4.78, 5) is 15.3. The monoisotopic (exact) mass is 862 g/mol. The number of hydrogen-bond donors (Lipinski definition) is 0. The number of benzene rings is 11. The minimum absolute atomic E-state index is 0.578. The van der Waals surface area contributed by atoms with Crippen molar-refractivity contribution in [1.29, 1.82) is 5.26 Å². The number of nitrogens with zero attached hydrogens (tertiary/aromatic N) is 4. The van der Waals surface area contributed by atoms with Gasteiger partial charge in [-0.2, -0.15) is 5.26 Å². The molecule has 0 bridgehead atoms. The highest BCUT2D eigenvalue weighted by Gasteiger charge is 2.22. The Morgan fingerprint density at radius 3 is 1.57 bits per heavy atom. The van der Waals surface area contributed by atoms with E-state index >= 15 is 0 Å². The van der Waals surface area contributed by atoms with Crippen LogP contribution in [-0.4, -0.2) is 15.0 Å². The lowest BCUT2D eigenvalue weighted by molar-refractivity contribution is 1.07. The Labute approximate surface area is 393 Å². The Bertz CT molecular complexity index is 4030. The molecule has 0 saturated heterocycles. The first-order chi connectivity index (χ1) is 33.6. The van der Waals surface area contributed by atoms with Gasteiger partial charge in [0.15, 0.2) is 17.5 Å². The Hall–Kier alpha value is -9.30. The Morgan fingerprint density at radius 1 is 0.279 bits per heavy atom. The van der Waals surface area contributed by atoms with Gasteiger partial charge in [0, 0.05) is 22.3 Å².